The molecule has 5 nitrogen and oxygen atoms in total. The molecule has 1 N–H and O–H groups in total. The Hall–Kier alpha value is -4.25. The van der Waals surface area contributed by atoms with E-state index in [9.17, 15) is 5.11 Å². The molecule has 0 atom stereocenters. The van der Waals surface area contributed by atoms with Crippen LogP contribution in [0.3, 0.4) is 0 Å². The van der Waals surface area contributed by atoms with Gasteiger partial charge in [-0.3, -0.25) is 4.57 Å². The van der Waals surface area contributed by atoms with Crippen molar-refractivity contribution in [3.63, 3.8) is 0 Å². The molecule has 34 heavy (non-hydrogen) atoms. The van der Waals surface area contributed by atoms with Gasteiger partial charge in [-0.1, -0.05) is 54.6 Å². The Morgan fingerprint density at radius 1 is 0.735 bits per heavy atom. The number of anilines is 1. The Bertz CT molecular complexity index is 1500. The van der Waals surface area contributed by atoms with Crippen molar-refractivity contribution in [3.05, 3.63) is 109 Å². The second-order valence-corrected chi connectivity index (χ2v) is 9.18. The van der Waals surface area contributed by atoms with Crippen LogP contribution in [0.5, 0.6) is 5.75 Å². The van der Waals surface area contributed by atoms with E-state index in [0.29, 0.717) is 6.67 Å². The van der Waals surface area contributed by atoms with Gasteiger partial charge in [0, 0.05) is 23.2 Å². The minimum atomic E-state index is -0.357. The van der Waals surface area contributed by atoms with Crippen molar-refractivity contribution in [2.75, 3.05) is 11.6 Å². The van der Waals surface area contributed by atoms with Crippen molar-refractivity contribution >= 4 is 27.5 Å². The molecule has 0 saturated carbocycles. The number of hydrogen-bond donors (Lipinski definition) is 1. The van der Waals surface area contributed by atoms with Crippen LogP contribution in [0.4, 0.5) is 5.69 Å². The number of aromatic nitrogens is 2. The fraction of sp³-hybridized carbons (Fsp3) is 0.138. The molecule has 3 heterocycles. The molecular weight excluding hydrogens is 420 g/mol. The fourth-order valence-corrected chi connectivity index (χ4v) is 4.85. The molecule has 0 amide bonds. The van der Waals surface area contributed by atoms with E-state index in [2.05, 4.69) is 96.2 Å². The maximum absolute atomic E-state index is 10.3. The van der Waals surface area contributed by atoms with E-state index >= 15 is 0 Å². The summed E-state index contributed by atoms with van der Waals surface area (Å²) in [7, 11) is 0. The van der Waals surface area contributed by atoms with Gasteiger partial charge in [0.15, 0.2) is 0 Å². The first kappa shape index (κ1) is 20.4. The quantitative estimate of drug-likeness (QED) is 0.348. The molecule has 0 unspecified atom stereocenters. The molecule has 3 aromatic carbocycles. The molecule has 0 bridgehead atoms. The van der Waals surface area contributed by atoms with Crippen LogP contribution in [-0.2, 0) is 5.54 Å². The number of phenols is 1. The van der Waals surface area contributed by atoms with Gasteiger partial charge in [0.25, 0.3) is 0 Å². The number of pyridine rings is 1. The van der Waals surface area contributed by atoms with E-state index in [1.165, 1.54) is 10.8 Å². The Morgan fingerprint density at radius 2 is 1.38 bits per heavy atom. The number of phenolic OH excluding ortho intramolecular Hbond substituents is 1. The third-order valence-corrected chi connectivity index (χ3v) is 6.81. The van der Waals surface area contributed by atoms with Crippen molar-refractivity contribution in [3.8, 4) is 11.6 Å². The molecule has 168 valence electrons. The highest BCUT2D eigenvalue weighted by molar-refractivity contribution is 6.09. The van der Waals surface area contributed by atoms with Gasteiger partial charge in [-0.2, -0.15) is 0 Å². The zero-order valence-corrected chi connectivity index (χ0v) is 19.3. The van der Waals surface area contributed by atoms with E-state index in [-0.39, 0.29) is 11.3 Å². The summed E-state index contributed by atoms with van der Waals surface area (Å²) in [4.78, 5) is 9.46. The van der Waals surface area contributed by atoms with Gasteiger partial charge >= 0.3 is 0 Å². The third kappa shape index (κ3) is 3.12. The lowest BCUT2D eigenvalue weighted by Gasteiger charge is -2.36. The smallest absolute Gasteiger partial charge is 0.139 e. The Morgan fingerprint density at radius 3 is 2.09 bits per heavy atom. The number of para-hydroxylation sites is 4. The van der Waals surface area contributed by atoms with Crippen molar-refractivity contribution in [2.45, 2.75) is 19.4 Å². The highest BCUT2D eigenvalue weighted by Crippen LogP contribution is 2.36. The molecule has 0 saturated heterocycles. The number of hydrogen-bond acceptors (Lipinski definition) is 4. The Labute approximate surface area is 198 Å². The van der Waals surface area contributed by atoms with E-state index in [0.717, 1.165) is 28.2 Å². The highest BCUT2D eigenvalue weighted by Gasteiger charge is 2.32. The molecule has 2 aromatic heterocycles. The number of aromatic hydroxyl groups is 1. The average molecular weight is 447 g/mol. The maximum Gasteiger partial charge on any atom is 0.139 e. The highest BCUT2D eigenvalue weighted by atomic mass is 16.3. The number of benzene rings is 3. The van der Waals surface area contributed by atoms with Crippen LogP contribution in [-0.4, -0.2) is 26.2 Å². The van der Waals surface area contributed by atoms with Crippen LogP contribution in [0.15, 0.2) is 103 Å². The standard InChI is InChI=1S/C29H26N4O/c1-29(2,32-19-18-31(20-32)25-14-7-8-15-26(25)34)27-16-9-17-28(30-27)33-23-12-5-3-10-21(23)22-11-4-6-13-24(22)33/h3-19,34H,20H2,1-2H3. The van der Waals surface area contributed by atoms with Gasteiger partial charge < -0.3 is 14.9 Å². The van der Waals surface area contributed by atoms with Gasteiger partial charge in [-0.05, 0) is 50.2 Å². The second kappa shape index (κ2) is 7.66. The summed E-state index contributed by atoms with van der Waals surface area (Å²) in [6, 6.07) is 30.7. The molecule has 1 aliphatic rings. The van der Waals surface area contributed by atoms with Crippen LogP contribution in [0, 0.1) is 0 Å². The van der Waals surface area contributed by atoms with Crippen LogP contribution < -0.4 is 4.90 Å². The minimum Gasteiger partial charge on any atom is -0.506 e. The molecule has 0 spiro atoms. The normalized spacial score (nSPS) is 13.9. The van der Waals surface area contributed by atoms with Crippen molar-refractivity contribution in [1.29, 1.82) is 0 Å². The lowest BCUT2D eigenvalue weighted by Crippen LogP contribution is -2.40. The summed E-state index contributed by atoms with van der Waals surface area (Å²) in [6.07, 6.45) is 4.08. The monoisotopic (exact) mass is 446 g/mol. The Kier molecular flexibility index (Phi) is 4.59. The topological polar surface area (TPSA) is 44.5 Å². The van der Waals surface area contributed by atoms with Gasteiger partial charge in [-0.15, -0.1) is 0 Å². The van der Waals surface area contributed by atoms with Crippen molar-refractivity contribution < 1.29 is 5.11 Å². The number of rotatable bonds is 4. The predicted molar refractivity (Wildman–Crippen MR) is 138 cm³/mol. The molecular formula is C29H26N4O. The maximum atomic E-state index is 10.3. The van der Waals surface area contributed by atoms with E-state index in [1.54, 1.807) is 6.07 Å². The summed E-state index contributed by atoms with van der Waals surface area (Å²) in [6.45, 7) is 5.00. The zero-order chi connectivity index (χ0) is 23.3. The van der Waals surface area contributed by atoms with Crippen molar-refractivity contribution in [1.82, 2.24) is 14.5 Å². The molecule has 0 radical (unpaired) electrons. The molecule has 6 rings (SSSR count). The summed E-state index contributed by atoms with van der Waals surface area (Å²) in [5, 5.41) is 12.7. The van der Waals surface area contributed by atoms with E-state index < -0.39 is 0 Å². The molecule has 0 aliphatic carbocycles. The second-order valence-electron chi connectivity index (χ2n) is 9.18. The Balaban J connectivity index is 1.39. The van der Waals surface area contributed by atoms with Crippen LogP contribution in [0.1, 0.15) is 19.5 Å². The molecule has 5 aromatic rings. The summed E-state index contributed by atoms with van der Waals surface area (Å²) < 4.78 is 2.25. The average Bonchev–Trinajstić information content (AvgIpc) is 3.48. The number of fused-ring (bicyclic) bond motifs is 3. The number of nitrogens with zero attached hydrogens (tertiary/aromatic N) is 4. The first-order valence-corrected chi connectivity index (χ1v) is 11.5. The van der Waals surface area contributed by atoms with Crippen molar-refractivity contribution in [2.24, 2.45) is 0 Å². The summed E-state index contributed by atoms with van der Waals surface area (Å²) >= 11 is 0. The molecule has 1 aliphatic heterocycles. The predicted octanol–water partition coefficient (Wildman–Crippen LogP) is 6.37. The lowest BCUT2D eigenvalue weighted by atomic mass is 9.98. The first-order valence-electron chi connectivity index (χ1n) is 11.5. The van der Waals surface area contributed by atoms with E-state index in [1.807, 2.05) is 29.3 Å². The van der Waals surface area contributed by atoms with E-state index in [4.69, 9.17) is 4.98 Å². The van der Waals surface area contributed by atoms with Crippen LogP contribution >= 0.6 is 0 Å². The molecule has 0 fully saturated rings. The summed E-state index contributed by atoms with van der Waals surface area (Å²) in [5.41, 5.74) is 3.72. The fourth-order valence-electron chi connectivity index (χ4n) is 4.85. The lowest BCUT2D eigenvalue weighted by molar-refractivity contribution is 0.196. The first-order chi connectivity index (χ1) is 16.5. The SMILES string of the molecule is CC(C)(c1cccc(-n2c3ccccc3c3ccccc32)n1)N1C=CN(c2ccccc2O)C1. The van der Waals surface area contributed by atoms with Gasteiger partial charge in [0.05, 0.1) is 34.6 Å². The van der Waals surface area contributed by atoms with Gasteiger partial charge in [0.2, 0.25) is 0 Å². The molecule has 5 heteroatoms. The third-order valence-electron chi connectivity index (χ3n) is 6.81. The van der Waals surface area contributed by atoms with Gasteiger partial charge in [0.1, 0.15) is 11.6 Å². The summed E-state index contributed by atoms with van der Waals surface area (Å²) in [5.74, 6) is 1.18. The van der Waals surface area contributed by atoms with Gasteiger partial charge in [-0.25, -0.2) is 4.98 Å². The largest absolute Gasteiger partial charge is 0.506 e. The zero-order valence-electron chi connectivity index (χ0n) is 19.3. The minimum absolute atomic E-state index is 0.276. The van der Waals surface area contributed by atoms with Crippen LogP contribution in [0.25, 0.3) is 27.6 Å². The van der Waals surface area contributed by atoms with Crippen LogP contribution in [0.2, 0.25) is 0 Å².